The van der Waals surface area contributed by atoms with Crippen LogP contribution in [0.2, 0.25) is 0 Å². The monoisotopic (exact) mass is 381 g/mol. The molecule has 0 saturated carbocycles. The van der Waals surface area contributed by atoms with Crippen LogP contribution in [0.3, 0.4) is 0 Å². The first-order chi connectivity index (χ1) is 13.2. The van der Waals surface area contributed by atoms with Gasteiger partial charge < -0.3 is 10.1 Å². The first kappa shape index (κ1) is 19.2. The van der Waals surface area contributed by atoms with E-state index in [1.54, 1.807) is 24.3 Å². The molecule has 0 unspecified atom stereocenters. The fraction of sp³-hybridized carbons (Fsp3) is 0.263. The van der Waals surface area contributed by atoms with Gasteiger partial charge in [0, 0.05) is 22.6 Å². The van der Waals surface area contributed by atoms with Gasteiger partial charge in [-0.05, 0) is 58.0 Å². The molecule has 0 aliphatic rings. The molecule has 0 radical (unpaired) electrons. The number of amides is 1. The Bertz CT molecular complexity index is 1070. The number of Topliss-reactive ketones (excluding diaryl/α,β-unsaturated/α-hetero) is 1. The topological polar surface area (TPSA) is 116 Å². The summed E-state index contributed by atoms with van der Waals surface area (Å²) in [6.07, 6.45) is -1.07. The van der Waals surface area contributed by atoms with Gasteiger partial charge in [-0.3, -0.25) is 9.59 Å². The Morgan fingerprint density at radius 2 is 1.79 bits per heavy atom. The van der Waals surface area contributed by atoms with Gasteiger partial charge in [-0.1, -0.05) is 0 Å². The SMILES string of the molecule is CC(=O)c1ccc(NC(=O)[C@H](C)OC(=O)c2nc3nc(C)cc(C)n3n2)cc1. The van der Waals surface area contributed by atoms with Gasteiger partial charge in [-0.2, -0.15) is 4.98 Å². The summed E-state index contributed by atoms with van der Waals surface area (Å²) in [7, 11) is 0. The van der Waals surface area contributed by atoms with Crippen molar-refractivity contribution < 1.29 is 19.1 Å². The maximum absolute atomic E-state index is 12.3. The molecule has 28 heavy (non-hydrogen) atoms. The Morgan fingerprint density at radius 3 is 2.43 bits per heavy atom. The molecule has 0 saturated heterocycles. The van der Waals surface area contributed by atoms with E-state index in [1.807, 2.05) is 19.9 Å². The summed E-state index contributed by atoms with van der Waals surface area (Å²) >= 11 is 0. The lowest BCUT2D eigenvalue weighted by Crippen LogP contribution is -2.30. The number of nitrogens with one attached hydrogen (secondary N) is 1. The number of hydrogen-bond acceptors (Lipinski definition) is 7. The molecule has 0 aliphatic carbocycles. The number of nitrogens with zero attached hydrogens (tertiary/aromatic N) is 4. The highest BCUT2D eigenvalue weighted by Gasteiger charge is 2.23. The third kappa shape index (κ3) is 4.03. The number of hydrogen-bond donors (Lipinski definition) is 1. The fourth-order valence-electron chi connectivity index (χ4n) is 2.55. The quantitative estimate of drug-likeness (QED) is 0.531. The molecule has 0 spiro atoms. The minimum atomic E-state index is -1.07. The lowest BCUT2D eigenvalue weighted by atomic mass is 10.1. The summed E-state index contributed by atoms with van der Waals surface area (Å²) in [6.45, 7) is 6.54. The molecule has 3 rings (SSSR count). The molecule has 144 valence electrons. The van der Waals surface area contributed by atoms with E-state index in [0.717, 1.165) is 11.4 Å². The average molecular weight is 381 g/mol. The van der Waals surface area contributed by atoms with Crippen molar-refractivity contribution >= 4 is 29.1 Å². The van der Waals surface area contributed by atoms with Crippen LogP contribution in [0, 0.1) is 13.8 Å². The maximum atomic E-state index is 12.3. The number of carbonyl (C=O) groups is 3. The van der Waals surface area contributed by atoms with Crippen LogP contribution in [0.1, 0.15) is 46.2 Å². The Kier molecular flexibility index (Phi) is 5.16. The molecule has 1 aromatic carbocycles. The number of rotatable bonds is 5. The minimum Gasteiger partial charge on any atom is -0.447 e. The van der Waals surface area contributed by atoms with Crippen LogP contribution in [-0.4, -0.2) is 43.3 Å². The Balaban J connectivity index is 1.67. The Hall–Kier alpha value is -3.62. The van der Waals surface area contributed by atoms with Crippen LogP contribution < -0.4 is 5.32 Å². The number of benzene rings is 1. The summed E-state index contributed by atoms with van der Waals surface area (Å²) < 4.78 is 6.60. The number of ketones is 1. The smallest absolute Gasteiger partial charge is 0.379 e. The van der Waals surface area contributed by atoms with Gasteiger partial charge in [0.05, 0.1) is 0 Å². The van der Waals surface area contributed by atoms with Gasteiger partial charge in [-0.25, -0.2) is 14.3 Å². The molecule has 1 amide bonds. The third-order valence-electron chi connectivity index (χ3n) is 4.01. The van der Waals surface area contributed by atoms with Crippen molar-refractivity contribution in [1.29, 1.82) is 0 Å². The van der Waals surface area contributed by atoms with Crippen LogP contribution in [0.15, 0.2) is 30.3 Å². The molecule has 0 aliphatic heterocycles. The van der Waals surface area contributed by atoms with Crippen molar-refractivity contribution in [2.75, 3.05) is 5.32 Å². The van der Waals surface area contributed by atoms with E-state index >= 15 is 0 Å². The molecule has 0 bridgehead atoms. The standard InChI is InChI=1S/C19H19N5O4/c1-10-9-11(2)24-19(20-10)22-16(23-24)18(27)28-13(4)17(26)21-15-7-5-14(6-8-15)12(3)25/h5-9,13H,1-4H3,(H,21,26)/t13-/m0/s1. The van der Waals surface area contributed by atoms with Crippen molar-refractivity contribution in [2.45, 2.75) is 33.8 Å². The van der Waals surface area contributed by atoms with Crippen LogP contribution in [-0.2, 0) is 9.53 Å². The number of fused-ring (bicyclic) bond motifs is 1. The molecule has 3 aromatic rings. The largest absolute Gasteiger partial charge is 0.447 e. The van der Waals surface area contributed by atoms with E-state index < -0.39 is 18.0 Å². The first-order valence-corrected chi connectivity index (χ1v) is 8.58. The van der Waals surface area contributed by atoms with Crippen LogP contribution >= 0.6 is 0 Å². The zero-order valence-corrected chi connectivity index (χ0v) is 15.9. The van der Waals surface area contributed by atoms with Gasteiger partial charge in [0.1, 0.15) is 0 Å². The van der Waals surface area contributed by atoms with Crippen LogP contribution in [0.25, 0.3) is 5.78 Å². The molecule has 2 aromatic heterocycles. The number of aromatic nitrogens is 4. The van der Waals surface area contributed by atoms with Crippen molar-refractivity contribution in [3.63, 3.8) is 0 Å². The predicted molar refractivity (Wildman–Crippen MR) is 100 cm³/mol. The van der Waals surface area contributed by atoms with Crippen LogP contribution in [0.4, 0.5) is 5.69 Å². The van der Waals surface area contributed by atoms with Crippen molar-refractivity contribution in [2.24, 2.45) is 0 Å². The fourth-order valence-corrected chi connectivity index (χ4v) is 2.55. The number of ether oxygens (including phenoxy) is 1. The van der Waals surface area contributed by atoms with E-state index in [-0.39, 0.29) is 17.4 Å². The third-order valence-corrected chi connectivity index (χ3v) is 4.01. The summed E-state index contributed by atoms with van der Waals surface area (Å²) in [5, 5.41) is 6.70. The first-order valence-electron chi connectivity index (χ1n) is 8.58. The average Bonchev–Trinajstić information content (AvgIpc) is 3.06. The second kappa shape index (κ2) is 7.55. The number of aryl methyl sites for hydroxylation is 2. The summed E-state index contributed by atoms with van der Waals surface area (Å²) in [6, 6.07) is 8.22. The lowest BCUT2D eigenvalue weighted by molar-refractivity contribution is -0.123. The zero-order valence-electron chi connectivity index (χ0n) is 15.9. The summed E-state index contributed by atoms with van der Waals surface area (Å²) in [5.41, 5.74) is 2.54. The Morgan fingerprint density at radius 1 is 1.11 bits per heavy atom. The second-order valence-electron chi connectivity index (χ2n) is 6.36. The van der Waals surface area contributed by atoms with Gasteiger partial charge in [0.25, 0.3) is 17.5 Å². The number of anilines is 1. The highest BCUT2D eigenvalue weighted by Crippen LogP contribution is 2.12. The molecule has 2 heterocycles. The zero-order chi connectivity index (χ0) is 20.4. The highest BCUT2D eigenvalue weighted by atomic mass is 16.5. The normalized spacial score (nSPS) is 11.9. The van der Waals surface area contributed by atoms with Crippen molar-refractivity contribution in [1.82, 2.24) is 19.6 Å². The Labute approximate surface area is 160 Å². The second-order valence-corrected chi connectivity index (χ2v) is 6.36. The predicted octanol–water partition coefficient (Wildman–Crippen LogP) is 2.13. The maximum Gasteiger partial charge on any atom is 0.379 e. The van der Waals surface area contributed by atoms with E-state index in [2.05, 4.69) is 20.4 Å². The molecule has 1 atom stereocenters. The summed E-state index contributed by atoms with van der Waals surface area (Å²) in [5.74, 6) is -1.30. The molecular formula is C19H19N5O4. The van der Waals surface area contributed by atoms with Crippen molar-refractivity contribution in [3.05, 3.63) is 53.1 Å². The van der Waals surface area contributed by atoms with E-state index in [9.17, 15) is 14.4 Å². The molecule has 1 N–H and O–H groups in total. The molecule has 0 fully saturated rings. The molecule has 9 heteroatoms. The highest BCUT2D eigenvalue weighted by molar-refractivity contribution is 5.98. The lowest BCUT2D eigenvalue weighted by Gasteiger charge is -2.12. The molecule has 9 nitrogen and oxygen atoms in total. The van der Waals surface area contributed by atoms with Gasteiger partial charge in [-0.15, -0.1) is 5.10 Å². The van der Waals surface area contributed by atoms with Gasteiger partial charge >= 0.3 is 5.97 Å². The van der Waals surface area contributed by atoms with Crippen LogP contribution in [0.5, 0.6) is 0 Å². The van der Waals surface area contributed by atoms with E-state index in [0.29, 0.717) is 11.3 Å². The van der Waals surface area contributed by atoms with E-state index in [1.165, 1.54) is 18.4 Å². The van der Waals surface area contributed by atoms with Gasteiger partial charge in [0.2, 0.25) is 0 Å². The van der Waals surface area contributed by atoms with Gasteiger partial charge in [0.15, 0.2) is 11.9 Å². The molecular weight excluding hydrogens is 362 g/mol. The van der Waals surface area contributed by atoms with E-state index in [4.69, 9.17) is 4.74 Å². The summed E-state index contributed by atoms with van der Waals surface area (Å²) in [4.78, 5) is 44.1. The minimum absolute atomic E-state index is 0.0694. The van der Waals surface area contributed by atoms with Crippen molar-refractivity contribution in [3.8, 4) is 0 Å². The number of esters is 1. The number of carbonyl (C=O) groups excluding carboxylic acids is 3.